The van der Waals surface area contributed by atoms with Crippen molar-refractivity contribution in [3.63, 3.8) is 0 Å². The Labute approximate surface area is 181 Å². The van der Waals surface area contributed by atoms with E-state index in [1.165, 1.54) is 29.1 Å². The van der Waals surface area contributed by atoms with Crippen LogP contribution in [-0.4, -0.2) is 27.4 Å². The molecule has 2 aromatic heterocycles. The van der Waals surface area contributed by atoms with Crippen LogP contribution in [0.1, 0.15) is 16.1 Å². The predicted octanol–water partition coefficient (Wildman–Crippen LogP) is 3.70. The standard InChI is InChI=1S/C22H16N4O6/c27-22(23-12-14-6-7-20-21(9-14)32-13-31-20)18-11-17(19-5-2-8-30-19)24-25(18)15-3-1-4-16(10-15)26(28)29/h1-11H,12-13H2,(H,23,27). The largest absolute Gasteiger partial charge is 0.463 e. The molecule has 0 radical (unpaired) electrons. The highest BCUT2D eigenvalue weighted by molar-refractivity contribution is 5.94. The van der Waals surface area contributed by atoms with Crippen molar-refractivity contribution in [2.24, 2.45) is 0 Å². The number of carbonyl (C=O) groups is 1. The number of amides is 1. The Hall–Kier alpha value is -4.60. The van der Waals surface area contributed by atoms with Crippen LogP contribution in [0.4, 0.5) is 5.69 Å². The molecule has 4 aromatic rings. The van der Waals surface area contributed by atoms with Crippen molar-refractivity contribution >= 4 is 11.6 Å². The van der Waals surface area contributed by atoms with Gasteiger partial charge < -0.3 is 19.2 Å². The van der Waals surface area contributed by atoms with Crippen LogP contribution in [-0.2, 0) is 6.54 Å². The van der Waals surface area contributed by atoms with Crippen LogP contribution < -0.4 is 14.8 Å². The third-order valence-electron chi connectivity index (χ3n) is 4.89. The number of nitro benzene ring substituents is 1. The summed E-state index contributed by atoms with van der Waals surface area (Å²) in [5.74, 6) is 1.35. The van der Waals surface area contributed by atoms with Crippen LogP contribution in [0.25, 0.3) is 17.1 Å². The molecule has 0 fully saturated rings. The minimum atomic E-state index is -0.500. The van der Waals surface area contributed by atoms with Crippen molar-refractivity contribution < 1.29 is 23.6 Å². The summed E-state index contributed by atoms with van der Waals surface area (Å²) in [6, 6.07) is 16.3. The summed E-state index contributed by atoms with van der Waals surface area (Å²) in [7, 11) is 0. The molecule has 32 heavy (non-hydrogen) atoms. The quantitative estimate of drug-likeness (QED) is 0.364. The number of nitrogens with one attached hydrogen (secondary N) is 1. The van der Waals surface area contributed by atoms with Gasteiger partial charge in [-0.25, -0.2) is 4.68 Å². The van der Waals surface area contributed by atoms with Crippen LogP contribution in [0.3, 0.4) is 0 Å². The molecule has 10 heteroatoms. The number of hydrogen-bond donors (Lipinski definition) is 1. The maximum atomic E-state index is 13.1. The smallest absolute Gasteiger partial charge is 0.271 e. The molecular weight excluding hydrogens is 416 g/mol. The van der Waals surface area contributed by atoms with Gasteiger partial charge >= 0.3 is 0 Å². The highest BCUT2D eigenvalue weighted by atomic mass is 16.7. The fourth-order valence-corrected chi connectivity index (χ4v) is 3.35. The van der Waals surface area contributed by atoms with Crippen molar-refractivity contribution in [1.29, 1.82) is 0 Å². The average molecular weight is 432 g/mol. The SMILES string of the molecule is O=C(NCc1ccc2c(c1)OCO2)c1cc(-c2ccco2)nn1-c1cccc([N+](=O)[O-])c1. The molecule has 10 nitrogen and oxygen atoms in total. The van der Waals surface area contributed by atoms with Gasteiger partial charge in [-0.1, -0.05) is 12.1 Å². The topological polar surface area (TPSA) is 122 Å². The molecule has 5 rings (SSSR count). The molecule has 0 saturated heterocycles. The van der Waals surface area contributed by atoms with E-state index < -0.39 is 10.8 Å². The molecule has 0 spiro atoms. The van der Waals surface area contributed by atoms with E-state index in [4.69, 9.17) is 13.9 Å². The molecule has 3 heterocycles. The van der Waals surface area contributed by atoms with Crippen LogP contribution >= 0.6 is 0 Å². The van der Waals surface area contributed by atoms with E-state index in [0.717, 1.165) is 5.56 Å². The van der Waals surface area contributed by atoms with Crippen molar-refractivity contribution in [3.05, 3.63) is 88.3 Å². The Morgan fingerprint density at radius 2 is 1.97 bits per heavy atom. The number of non-ortho nitro benzene ring substituents is 1. The third kappa shape index (κ3) is 3.65. The molecule has 0 bridgehead atoms. The summed E-state index contributed by atoms with van der Waals surface area (Å²) in [6.45, 7) is 0.411. The molecule has 0 aliphatic carbocycles. The molecule has 1 N–H and O–H groups in total. The van der Waals surface area contributed by atoms with Crippen molar-refractivity contribution in [1.82, 2.24) is 15.1 Å². The van der Waals surface area contributed by atoms with Gasteiger partial charge in [0.1, 0.15) is 11.4 Å². The van der Waals surface area contributed by atoms with E-state index in [2.05, 4.69) is 10.4 Å². The van der Waals surface area contributed by atoms with E-state index in [1.54, 1.807) is 36.4 Å². The maximum absolute atomic E-state index is 13.1. The Balaban J connectivity index is 1.46. The minimum Gasteiger partial charge on any atom is -0.463 e. The summed E-state index contributed by atoms with van der Waals surface area (Å²) in [5, 5.41) is 18.5. The molecule has 160 valence electrons. The summed E-state index contributed by atoms with van der Waals surface area (Å²) in [4.78, 5) is 23.8. The van der Waals surface area contributed by atoms with Gasteiger partial charge in [0.15, 0.2) is 17.3 Å². The number of nitro groups is 1. The molecule has 1 aliphatic rings. The lowest BCUT2D eigenvalue weighted by atomic mass is 10.2. The van der Waals surface area contributed by atoms with Gasteiger partial charge in [-0.3, -0.25) is 14.9 Å². The number of hydrogen-bond acceptors (Lipinski definition) is 7. The zero-order valence-corrected chi connectivity index (χ0v) is 16.6. The highest BCUT2D eigenvalue weighted by Crippen LogP contribution is 2.32. The zero-order valence-electron chi connectivity index (χ0n) is 16.6. The van der Waals surface area contributed by atoms with Gasteiger partial charge in [-0.2, -0.15) is 5.10 Å². The van der Waals surface area contributed by atoms with Gasteiger partial charge in [-0.05, 0) is 35.9 Å². The number of aromatic nitrogens is 2. The molecule has 1 amide bonds. The highest BCUT2D eigenvalue weighted by Gasteiger charge is 2.20. The number of benzene rings is 2. The first kappa shape index (κ1) is 19.4. The Morgan fingerprint density at radius 3 is 2.78 bits per heavy atom. The van der Waals surface area contributed by atoms with Crippen LogP contribution in [0.15, 0.2) is 71.3 Å². The fraction of sp³-hybridized carbons (Fsp3) is 0.0909. The van der Waals surface area contributed by atoms with Crippen molar-refractivity contribution in [3.8, 4) is 28.6 Å². The number of nitrogens with zero attached hydrogens (tertiary/aromatic N) is 3. The Kier molecular flexibility index (Phi) is 4.79. The summed E-state index contributed by atoms with van der Waals surface area (Å²) in [6.07, 6.45) is 1.50. The van der Waals surface area contributed by atoms with E-state index in [0.29, 0.717) is 28.6 Å². The molecule has 2 aromatic carbocycles. The molecule has 0 saturated carbocycles. The molecule has 0 unspecified atom stereocenters. The maximum Gasteiger partial charge on any atom is 0.271 e. The van der Waals surface area contributed by atoms with Gasteiger partial charge in [0.05, 0.1) is 16.9 Å². The van der Waals surface area contributed by atoms with E-state index in [1.807, 2.05) is 6.07 Å². The third-order valence-corrected chi connectivity index (χ3v) is 4.89. The molecular formula is C22H16N4O6. The van der Waals surface area contributed by atoms with E-state index in [9.17, 15) is 14.9 Å². The lowest BCUT2D eigenvalue weighted by Gasteiger charge is -2.09. The number of furan rings is 1. The second-order valence-corrected chi connectivity index (χ2v) is 6.95. The second kappa shape index (κ2) is 7.91. The van der Waals surface area contributed by atoms with E-state index >= 15 is 0 Å². The van der Waals surface area contributed by atoms with Gasteiger partial charge in [0.25, 0.3) is 11.6 Å². The monoisotopic (exact) mass is 432 g/mol. The fourth-order valence-electron chi connectivity index (χ4n) is 3.35. The summed E-state index contributed by atoms with van der Waals surface area (Å²) >= 11 is 0. The lowest BCUT2D eigenvalue weighted by Crippen LogP contribution is -2.25. The minimum absolute atomic E-state index is 0.107. The van der Waals surface area contributed by atoms with Crippen LogP contribution in [0.2, 0.25) is 0 Å². The first-order valence-corrected chi connectivity index (χ1v) is 9.64. The first-order valence-electron chi connectivity index (χ1n) is 9.64. The lowest BCUT2D eigenvalue weighted by molar-refractivity contribution is -0.384. The van der Waals surface area contributed by atoms with Gasteiger partial charge in [0.2, 0.25) is 6.79 Å². The van der Waals surface area contributed by atoms with E-state index in [-0.39, 0.29) is 24.7 Å². The molecule has 0 atom stereocenters. The number of fused-ring (bicyclic) bond motifs is 1. The van der Waals surface area contributed by atoms with Gasteiger partial charge in [0, 0.05) is 24.7 Å². The second-order valence-electron chi connectivity index (χ2n) is 6.95. The molecule has 1 aliphatic heterocycles. The van der Waals surface area contributed by atoms with Crippen molar-refractivity contribution in [2.45, 2.75) is 6.54 Å². The summed E-state index contributed by atoms with van der Waals surface area (Å²) in [5.41, 5.74) is 1.73. The predicted molar refractivity (Wildman–Crippen MR) is 112 cm³/mol. The summed E-state index contributed by atoms with van der Waals surface area (Å²) < 4.78 is 17.4. The van der Waals surface area contributed by atoms with Crippen LogP contribution in [0, 0.1) is 10.1 Å². The number of rotatable bonds is 6. The normalized spacial score (nSPS) is 12.0. The van der Waals surface area contributed by atoms with Crippen LogP contribution in [0.5, 0.6) is 11.5 Å². The van der Waals surface area contributed by atoms with Crippen molar-refractivity contribution in [2.75, 3.05) is 6.79 Å². The number of carbonyl (C=O) groups excluding carboxylic acids is 1. The number of ether oxygens (including phenoxy) is 2. The Morgan fingerprint density at radius 1 is 1.09 bits per heavy atom. The first-order chi connectivity index (χ1) is 15.6. The average Bonchev–Trinajstić information content (AvgIpc) is 3.57. The zero-order chi connectivity index (χ0) is 22.1. The van der Waals surface area contributed by atoms with Gasteiger partial charge in [-0.15, -0.1) is 0 Å². The Bertz CT molecular complexity index is 1310.